The van der Waals surface area contributed by atoms with Crippen LogP contribution >= 0.6 is 0 Å². The first-order valence-corrected chi connectivity index (χ1v) is 8.52. The van der Waals surface area contributed by atoms with E-state index in [4.69, 9.17) is 0 Å². The van der Waals surface area contributed by atoms with Crippen molar-refractivity contribution in [3.63, 3.8) is 0 Å². The summed E-state index contributed by atoms with van der Waals surface area (Å²) in [5.41, 5.74) is 3.04. The standard InChI is InChI=1S/C21H26O/c1-16-7-6-13-21(2)14-12-18(15-19(16)21)20(22)11-10-17-8-4-3-5-9-17/h3-5,7-11,18-19H,6,12-15H2,1-2H3. The van der Waals surface area contributed by atoms with Gasteiger partial charge in [0.25, 0.3) is 0 Å². The van der Waals surface area contributed by atoms with E-state index in [1.807, 2.05) is 36.4 Å². The van der Waals surface area contributed by atoms with Gasteiger partial charge in [0.1, 0.15) is 0 Å². The summed E-state index contributed by atoms with van der Waals surface area (Å²) in [5, 5.41) is 0. The van der Waals surface area contributed by atoms with E-state index in [1.165, 1.54) is 24.8 Å². The van der Waals surface area contributed by atoms with Crippen LogP contribution in [-0.2, 0) is 4.79 Å². The van der Waals surface area contributed by atoms with Crippen LogP contribution < -0.4 is 0 Å². The van der Waals surface area contributed by atoms with Crippen molar-refractivity contribution >= 4 is 11.9 Å². The lowest BCUT2D eigenvalue weighted by atomic mass is 9.58. The maximum absolute atomic E-state index is 12.6. The predicted octanol–water partition coefficient (Wildman–Crippen LogP) is 5.43. The molecule has 0 aliphatic heterocycles. The summed E-state index contributed by atoms with van der Waals surface area (Å²) < 4.78 is 0. The molecular formula is C21H26O. The molecule has 1 fully saturated rings. The Bertz CT molecular complexity index is 596. The summed E-state index contributed by atoms with van der Waals surface area (Å²) in [5.74, 6) is 1.12. The zero-order valence-electron chi connectivity index (χ0n) is 13.7. The van der Waals surface area contributed by atoms with E-state index in [-0.39, 0.29) is 5.92 Å². The summed E-state index contributed by atoms with van der Waals surface area (Å²) in [6, 6.07) is 10.1. The molecule has 3 atom stereocenters. The van der Waals surface area contributed by atoms with Gasteiger partial charge in [-0.15, -0.1) is 0 Å². The number of ketones is 1. The molecule has 1 nitrogen and oxygen atoms in total. The first-order chi connectivity index (χ1) is 10.6. The lowest BCUT2D eigenvalue weighted by Crippen LogP contribution is -2.38. The van der Waals surface area contributed by atoms with Crippen molar-refractivity contribution in [3.8, 4) is 0 Å². The summed E-state index contributed by atoms with van der Waals surface area (Å²) in [4.78, 5) is 12.6. The van der Waals surface area contributed by atoms with Gasteiger partial charge in [-0.05, 0) is 62.0 Å². The molecule has 3 unspecified atom stereocenters. The van der Waals surface area contributed by atoms with Crippen molar-refractivity contribution in [2.45, 2.75) is 46.0 Å². The first-order valence-electron chi connectivity index (χ1n) is 8.52. The van der Waals surface area contributed by atoms with Crippen LogP contribution in [0.5, 0.6) is 0 Å². The van der Waals surface area contributed by atoms with Crippen LogP contribution in [0.1, 0.15) is 51.5 Å². The molecule has 3 rings (SSSR count). The molecule has 116 valence electrons. The molecule has 1 heteroatoms. The van der Waals surface area contributed by atoms with Gasteiger partial charge in [-0.2, -0.15) is 0 Å². The minimum atomic E-state index is 0.208. The number of benzene rings is 1. The second-order valence-corrected chi connectivity index (χ2v) is 7.31. The molecule has 0 heterocycles. The van der Waals surface area contributed by atoms with Gasteiger partial charge in [-0.25, -0.2) is 0 Å². The highest BCUT2D eigenvalue weighted by Gasteiger charge is 2.42. The Balaban J connectivity index is 1.69. The third-order valence-corrected chi connectivity index (χ3v) is 5.80. The SMILES string of the molecule is CC1=CCCC2(C)CCC(C(=O)C=Cc3ccccc3)CC12. The quantitative estimate of drug-likeness (QED) is 0.536. The Morgan fingerprint density at radius 2 is 2.00 bits per heavy atom. The molecule has 22 heavy (non-hydrogen) atoms. The molecule has 1 aromatic rings. The zero-order chi connectivity index (χ0) is 15.6. The maximum Gasteiger partial charge on any atom is 0.158 e. The van der Waals surface area contributed by atoms with E-state index >= 15 is 0 Å². The monoisotopic (exact) mass is 294 g/mol. The van der Waals surface area contributed by atoms with E-state index < -0.39 is 0 Å². The van der Waals surface area contributed by atoms with Crippen LogP contribution in [0.15, 0.2) is 48.1 Å². The van der Waals surface area contributed by atoms with E-state index in [1.54, 1.807) is 6.08 Å². The molecule has 1 saturated carbocycles. The minimum absolute atomic E-state index is 0.208. The molecule has 0 N–H and O–H groups in total. The van der Waals surface area contributed by atoms with Gasteiger partial charge in [-0.1, -0.05) is 55.0 Å². The molecule has 2 aliphatic rings. The lowest BCUT2D eigenvalue weighted by Gasteiger charge is -2.47. The summed E-state index contributed by atoms with van der Waals surface area (Å²) in [6.07, 6.45) is 11.9. The highest BCUT2D eigenvalue weighted by molar-refractivity contribution is 5.95. The number of allylic oxidation sites excluding steroid dienone is 3. The fourth-order valence-electron chi connectivity index (χ4n) is 4.31. The maximum atomic E-state index is 12.6. The van der Waals surface area contributed by atoms with Gasteiger partial charge in [0.15, 0.2) is 5.78 Å². The highest BCUT2D eigenvalue weighted by atomic mass is 16.1. The predicted molar refractivity (Wildman–Crippen MR) is 92.4 cm³/mol. The second-order valence-electron chi connectivity index (χ2n) is 7.31. The smallest absolute Gasteiger partial charge is 0.158 e. The molecule has 0 spiro atoms. The largest absolute Gasteiger partial charge is 0.295 e. The van der Waals surface area contributed by atoms with E-state index in [0.29, 0.717) is 17.1 Å². The number of fused-ring (bicyclic) bond motifs is 1. The number of carbonyl (C=O) groups excluding carboxylic acids is 1. The Labute approximate surface area is 134 Å². The summed E-state index contributed by atoms with van der Waals surface area (Å²) in [7, 11) is 0. The van der Waals surface area contributed by atoms with Crippen molar-refractivity contribution in [3.05, 3.63) is 53.6 Å². The molecule has 0 radical (unpaired) electrons. The van der Waals surface area contributed by atoms with Crippen LogP contribution in [0.3, 0.4) is 0 Å². The Morgan fingerprint density at radius 3 is 2.77 bits per heavy atom. The van der Waals surface area contributed by atoms with Crippen molar-refractivity contribution in [2.24, 2.45) is 17.3 Å². The molecule has 0 aromatic heterocycles. The van der Waals surface area contributed by atoms with Gasteiger partial charge in [0.2, 0.25) is 0 Å². The molecule has 2 aliphatic carbocycles. The van der Waals surface area contributed by atoms with Crippen LogP contribution in [0.2, 0.25) is 0 Å². The fourth-order valence-corrected chi connectivity index (χ4v) is 4.31. The first kappa shape index (κ1) is 15.3. The average Bonchev–Trinajstić information content (AvgIpc) is 2.53. The van der Waals surface area contributed by atoms with Crippen LogP contribution in [-0.4, -0.2) is 5.78 Å². The second kappa shape index (κ2) is 6.24. The molecule has 1 aromatic carbocycles. The van der Waals surface area contributed by atoms with Crippen molar-refractivity contribution < 1.29 is 4.79 Å². The third-order valence-electron chi connectivity index (χ3n) is 5.80. The average molecular weight is 294 g/mol. The van der Waals surface area contributed by atoms with Crippen LogP contribution in [0, 0.1) is 17.3 Å². The topological polar surface area (TPSA) is 17.1 Å². The number of rotatable bonds is 3. The van der Waals surface area contributed by atoms with Gasteiger partial charge in [-0.3, -0.25) is 4.79 Å². The fraction of sp³-hybridized carbons (Fsp3) is 0.476. The number of carbonyl (C=O) groups is 1. The van der Waals surface area contributed by atoms with E-state index in [9.17, 15) is 4.79 Å². The number of hydrogen-bond acceptors (Lipinski definition) is 1. The normalized spacial score (nSPS) is 31.6. The lowest BCUT2D eigenvalue weighted by molar-refractivity contribution is -0.120. The Hall–Kier alpha value is -1.63. The molecule has 0 bridgehead atoms. The van der Waals surface area contributed by atoms with E-state index in [2.05, 4.69) is 19.9 Å². The van der Waals surface area contributed by atoms with Crippen molar-refractivity contribution in [1.82, 2.24) is 0 Å². The van der Waals surface area contributed by atoms with Crippen LogP contribution in [0.25, 0.3) is 6.08 Å². The molecular weight excluding hydrogens is 268 g/mol. The summed E-state index contributed by atoms with van der Waals surface area (Å²) in [6.45, 7) is 4.68. The summed E-state index contributed by atoms with van der Waals surface area (Å²) >= 11 is 0. The Morgan fingerprint density at radius 1 is 1.23 bits per heavy atom. The number of hydrogen-bond donors (Lipinski definition) is 0. The van der Waals surface area contributed by atoms with Gasteiger partial charge in [0, 0.05) is 5.92 Å². The third kappa shape index (κ3) is 3.09. The van der Waals surface area contributed by atoms with E-state index in [0.717, 1.165) is 18.4 Å². The zero-order valence-corrected chi connectivity index (χ0v) is 13.7. The van der Waals surface area contributed by atoms with Gasteiger partial charge < -0.3 is 0 Å². The van der Waals surface area contributed by atoms with Gasteiger partial charge in [0.05, 0.1) is 0 Å². The van der Waals surface area contributed by atoms with Gasteiger partial charge >= 0.3 is 0 Å². The molecule has 0 amide bonds. The van der Waals surface area contributed by atoms with Crippen LogP contribution in [0.4, 0.5) is 0 Å². The minimum Gasteiger partial charge on any atom is -0.295 e. The van der Waals surface area contributed by atoms with Crippen molar-refractivity contribution in [1.29, 1.82) is 0 Å². The molecule has 0 saturated heterocycles. The van der Waals surface area contributed by atoms with Crippen molar-refractivity contribution in [2.75, 3.05) is 0 Å². The Kier molecular flexibility index (Phi) is 4.33. The highest BCUT2D eigenvalue weighted by Crippen LogP contribution is 2.52.